The molecule has 2 atom stereocenters. The van der Waals surface area contributed by atoms with Crippen LogP contribution in [0.2, 0.25) is 0 Å². The first kappa shape index (κ1) is 17.9. The number of piperidine rings is 1. The second-order valence-electron chi connectivity index (χ2n) is 6.82. The molecule has 1 aliphatic heterocycles. The van der Waals surface area contributed by atoms with Crippen molar-refractivity contribution in [3.63, 3.8) is 0 Å². The number of carbonyl (C=O) groups excluding carboxylic acids is 1. The van der Waals surface area contributed by atoms with Crippen LogP contribution in [0.25, 0.3) is 0 Å². The first-order valence-corrected chi connectivity index (χ1v) is 10.0. The average molecular weight is 338 g/mol. The summed E-state index contributed by atoms with van der Waals surface area (Å²) in [7, 11) is -3.10. The van der Waals surface area contributed by atoms with Gasteiger partial charge in [0.2, 0.25) is 5.91 Å². The van der Waals surface area contributed by atoms with E-state index in [1.165, 1.54) is 5.56 Å². The Morgan fingerprint density at radius 2 is 2.00 bits per heavy atom. The molecule has 1 fully saturated rings. The third kappa shape index (κ3) is 4.78. The fraction of sp³-hybridized carbons (Fsp3) is 0.588. The minimum atomic E-state index is -3.10. The molecule has 23 heavy (non-hydrogen) atoms. The van der Waals surface area contributed by atoms with Gasteiger partial charge in [0.05, 0.1) is 11.8 Å². The number of rotatable bonds is 5. The number of carbonyl (C=O) groups is 1. The summed E-state index contributed by atoms with van der Waals surface area (Å²) in [6, 6.07) is 9.45. The zero-order valence-corrected chi connectivity index (χ0v) is 14.7. The summed E-state index contributed by atoms with van der Waals surface area (Å²) < 4.78 is 22.5. The van der Waals surface area contributed by atoms with E-state index < -0.39 is 15.9 Å². The summed E-state index contributed by atoms with van der Waals surface area (Å²) in [6.07, 6.45) is 3.29. The van der Waals surface area contributed by atoms with Crippen LogP contribution in [0.3, 0.4) is 0 Å². The van der Waals surface area contributed by atoms with Crippen molar-refractivity contribution in [2.45, 2.75) is 37.6 Å². The molecule has 2 N–H and O–H groups in total. The van der Waals surface area contributed by atoms with Gasteiger partial charge >= 0.3 is 0 Å². The number of sulfone groups is 1. The lowest BCUT2D eigenvalue weighted by Crippen LogP contribution is -2.52. The molecule has 5 nitrogen and oxygen atoms in total. The Hall–Kier alpha value is -1.40. The minimum Gasteiger partial charge on any atom is -0.340 e. The Bertz CT molecular complexity index is 645. The van der Waals surface area contributed by atoms with Gasteiger partial charge in [-0.15, -0.1) is 0 Å². The smallest absolute Gasteiger partial charge is 0.239 e. The predicted molar refractivity (Wildman–Crippen MR) is 91.9 cm³/mol. The summed E-state index contributed by atoms with van der Waals surface area (Å²) in [5, 5.41) is 0. The first-order chi connectivity index (χ1) is 10.7. The van der Waals surface area contributed by atoms with Crippen molar-refractivity contribution in [1.29, 1.82) is 0 Å². The van der Waals surface area contributed by atoms with Crippen LogP contribution < -0.4 is 5.73 Å². The molecule has 0 bridgehead atoms. The normalized spacial score (nSPS) is 23.5. The summed E-state index contributed by atoms with van der Waals surface area (Å²) in [6.45, 7) is 3.49. The summed E-state index contributed by atoms with van der Waals surface area (Å²) in [5.74, 6) is -0.195. The van der Waals surface area contributed by atoms with Gasteiger partial charge in [-0.05, 0) is 24.8 Å². The van der Waals surface area contributed by atoms with Gasteiger partial charge < -0.3 is 10.6 Å². The summed E-state index contributed by atoms with van der Waals surface area (Å²) in [5.41, 5.74) is 7.07. The van der Waals surface area contributed by atoms with E-state index in [0.717, 1.165) is 19.1 Å². The molecule has 0 saturated carbocycles. The molecule has 1 saturated heterocycles. The van der Waals surface area contributed by atoms with Crippen LogP contribution in [0.5, 0.6) is 0 Å². The molecule has 2 rings (SSSR count). The van der Waals surface area contributed by atoms with E-state index in [1.807, 2.05) is 18.2 Å². The highest BCUT2D eigenvalue weighted by Crippen LogP contribution is 2.33. The Balaban J connectivity index is 2.04. The second kappa shape index (κ2) is 7.01. The van der Waals surface area contributed by atoms with Gasteiger partial charge in [0.1, 0.15) is 9.84 Å². The Kier molecular flexibility index (Phi) is 5.47. The number of benzene rings is 1. The van der Waals surface area contributed by atoms with Crippen molar-refractivity contribution >= 4 is 15.7 Å². The fourth-order valence-corrected chi connectivity index (χ4v) is 3.88. The van der Waals surface area contributed by atoms with Gasteiger partial charge in [-0.1, -0.05) is 37.3 Å². The van der Waals surface area contributed by atoms with E-state index >= 15 is 0 Å². The Labute approximate surface area is 138 Å². The Morgan fingerprint density at radius 3 is 2.61 bits per heavy atom. The lowest BCUT2D eigenvalue weighted by Gasteiger charge is -2.41. The highest BCUT2D eigenvalue weighted by molar-refractivity contribution is 7.90. The summed E-state index contributed by atoms with van der Waals surface area (Å²) in [4.78, 5) is 14.3. The number of likely N-dealkylation sites (tertiary alicyclic amines) is 1. The van der Waals surface area contributed by atoms with Crippen LogP contribution in [0.1, 0.15) is 31.7 Å². The van der Waals surface area contributed by atoms with Gasteiger partial charge in [0.15, 0.2) is 0 Å². The number of nitrogens with two attached hydrogens (primary N) is 1. The van der Waals surface area contributed by atoms with Crippen molar-refractivity contribution in [2.75, 3.05) is 25.1 Å². The standard InChI is InChI=1S/C17H26N2O3S/c1-17(14-7-4-3-5-8-14)10-6-11-19(13-17)16(20)15(18)9-12-23(2,21)22/h3-5,7-8,15H,6,9-13,18H2,1-2H3/t15-,17-/m0/s1. The lowest BCUT2D eigenvalue weighted by molar-refractivity contribution is -0.134. The zero-order valence-electron chi connectivity index (χ0n) is 13.9. The van der Waals surface area contributed by atoms with E-state index in [2.05, 4.69) is 19.1 Å². The van der Waals surface area contributed by atoms with E-state index in [0.29, 0.717) is 13.1 Å². The second-order valence-corrected chi connectivity index (χ2v) is 9.07. The zero-order chi connectivity index (χ0) is 17.1. The van der Waals surface area contributed by atoms with Crippen molar-refractivity contribution < 1.29 is 13.2 Å². The van der Waals surface area contributed by atoms with E-state index in [1.54, 1.807) is 4.90 Å². The maximum absolute atomic E-state index is 12.5. The average Bonchev–Trinajstić information content (AvgIpc) is 2.52. The SMILES string of the molecule is C[C@]1(c2ccccc2)CCCN(C(=O)[C@@H](N)CCS(C)(=O)=O)C1. The van der Waals surface area contributed by atoms with Crippen molar-refractivity contribution in [1.82, 2.24) is 4.90 Å². The number of nitrogens with zero attached hydrogens (tertiary/aromatic N) is 1. The summed E-state index contributed by atoms with van der Waals surface area (Å²) >= 11 is 0. The highest BCUT2D eigenvalue weighted by Gasteiger charge is 2.35. The maximum Gasteiger partial charge on any atom is 0.239 e. The van der Waals surface area contributed by atoms with Crippen molar-refractivity contribution in [3.05, 3.63) is 35.9 Å². The lowest BCUT2D eigenvalue weighted by atomic mass is 9.76. The quantitative estimate of drug-likeness (QED) is 0.878. The van der Waals surface area contributed by atoms with Crippen LogP contribution in [-0.2, 0) is 20.0 Å². The first-order valence-electron chi connectivity index (χ1n) is 7.99. The molecule has 0 radical (unpaired) electrons. The van der Waals surface area contributed by atoms with Crippen LogP contribution >= 0.6 is 0 Å². The molecule has 1 heterocycles. The monoisotopic (exact) mass is 338 g/mol. The predicted octanol–water partition coefficient (Wildman–Crippen LogP) is 1.33. The Morgan fingerprint density at radius 1 is 1.35 bits per heavy atom. The van der Waals surface area contributed by atoms with Crippen LogP contribution in [0, 0.1) is 0 Å². The van der Waals surface area contributed by atoms with E-state index in [9.17, 15) is 13.2 Å². The number of hydrogen-bond donors (Lipinski definition) is 1. The molecule has 0 aromatic heterocycles. The molecule has 6 heteroatoms. The third-order valence-corrected chi connectivity index (χ3v) is 5.57. The van der Waals surface area contributed by atoms with Crippen molar-refractivity contribution in [2.24, 2.45) is 5.73 Å². The molecule has 1 amide bonds. The van der Waals surface area contributed by atoms with Gasteiger partial charge in [0.25, 0.3) is 0 Å². The molecule has 1 aromatic rings. The van der Waals surface area contributed by atoms with Gasteiger partial charge in [-0.3, -0.25) is 4.79 Å². The van der Waals surface area contributed by atoms with Gasteiger partial charge in [0, 0.05) is 24.8 Å². The highest BCUT2D eigenvalue weighted by atomic mass is 32.2. The molecular weight excluding hydrogens is 312 g/mol. The minimum absolute atomic E-state index is 0.0519. The molecule has 1 aromatic carbocycles. The molecular formula is C17H26N2O3S. The molecule has 0 unspecified atom stereocenters. The van der Waals surface area contributed by atoms with Crippen molar-refractivity contribution in [3.8, 4) is 0 Å². The maximum atomic E-state index is 12.5. The van der Waals surface area contributed by atoms with Crippen LogP contribution in [0.15, 0.2) is 30.3 Å². The van der Waals surface area contributed by atoms with Gasteiger partial charge in [-0.25, -0.2) is 8.42 Å². The third-order valence-electron chi connectivity index (χ3n) is 4.60. The van der Waals surface area contributed by atoms with E-state index in [4.69, 9.17) is 5.73 Å². The molecule has 128 valence electrons. The van der Waals surface area contributed by atoms with E-state index in [-0.39, 0.29) is 23.5 Å². The largest absolute Gasteiger partial charge is 0.340 e. The molecule has 1 aliphatic rings. The van der Waals surface area contributed by atoms with Crippen LogP contribution in [0.4, 0.5) is 0 Å². The number of hydrogen-bond acceptors (Lipinski definition) is 4. The topological polar surface area (TPSA) is 80.5 Å². The van der Waals surface area contributed by atoms with Gasteiger partial charge in [-0.2, -0.15) is 0 Å². The molecule has 0 aliphatic carbocycles. The number of amides is 1. The van der Waals surface area contributed by atoms with Crippen LogP contribution in [-0.4, -0.2) is 50.4 Å². The molecule has 0 spiro atoms. The fourth-order valence-electron chi connectivity index (χ4n) is 3.20.